The molecule has 0 aliphatic carbocycles. The summed E-state index contributed by atoms with van der Waals surface area (Å²) in [6, 6.07) is 13.4. The zero-order valence-electron chi connectivity index (χ0n) is 11.0. The largest absolute Gasteiger partial charge is 0.417 e. The monoisotopic (exact) mass is 269 g/mol. The number of nitrogens with two attached hydrogens (primary N) is 1. The molecule has 5 nitrogen and oxygen atoms in total. The van der Waals surface area contributed by atoms with Crippen molar-refractivity contribution >= 4 is 16.8 Å². The first-order chi connectivity index (χ1) is 9.67. The van der Waals surface area contributed by atoms with Crippen LogP contribution in [-0.4, -0.2) is 12.0 Å². The second-order valence-electron chi connectivity index (χ2n) is 4.66. The molecule has 0 fully saturated rings. The Morgan fingerprint density at radius 1 is 1.20 bits per heavy atom. The van der Waals surface area contributed by atoms with Gasteiger partial charge in [-0.25, -0.2) is 4.79 Å². The number of benzene rings is 2. The first kappa shape index (κ1) is 12.5. The van der Waals surface area contributed by atoms with Crippen molar-refractivity contribution in [3.05, 3.63) is 64.1 Å². The van der Waals surface area contributed by atoms with Gasteiger partial charge in [0.25, 0.3) is 0 Å². The summed E-state index contributed by atoms with van der Waals surface area (Å²) in [7, 11) is 1.89. The fourth-order valence-corrected chi connectivity index (χ4v) is 2.41. The molecular weight excluding hydrogens is 254 g/mol. The third-order valence-corrected chi connectivity index (χ3v) is 3.31. The molecule has 5 heteroatoms. The normalized spacial score (nSPS) is 12.7. The highest BCUT2D eigenvalue weighted by Gasteiger charge is 2.13. The Morgan fingerprint density at radius 3 is 2.75 bits per heavy atom. The van der Waals surface area contributed by atoms with Crippen molar-refractivity contribution in [3.8, 4) is 0 Å². The molecular formula is C15H15N3O2. The molecule has 2 aromatic carbocycles. The lowest BCUT2D eigenvalue weighted by Gasteiger charge is -2.17. The predicted molar refractivity (Wildman–Crippen MR) is 78.6 cm³/mol. The van der Waals surface area contributed by atoms with Gasteiger partial charge in [0.1, 0.15) is 0 Å². The van der Waals surface area contributed by atoms with Gasteiger partial charge < -0.3 is 15.5 Å². The maximum absolute atomic E-state index is 11.2. The summed E-state index contributed by atoms with van der Waals surface area (Å²) in [5.41, 5.74) is 9.90. The van der Waals surface area contributed by atoms with Crippen LogP contribution in [0.5, 0.6) is 0 Å². The Labute approximate surface area is 115 Å². The molecule has 3 rings (SSSR count). The Balaban J connectivity index is 2.08. The van der Waals surface area contributed by atoms with Gasteiger partial charge in [0.15, 0.2) is 5.58 Å². The van der Waals surface area contributed by atoms with Gasteiger partial charge in [-0.3, -0.25) is 4.98 Å². The number of aromatic amines is 1. The second-order valence-corrected chi connectivity index (χ2v) is 4.66. The van der Waals surface area contributed by atoms with Crippen molar-refractivity contribution in [2.45, 2.75) is 6.04 Å². The fourth-order valence-electron chi connectivity index (χ4n) is 2.41. The van der Waals surface area contributed by atoms with E-state index in [0.717, 1.165) is 16.8 Å². The van der Waals surface area contributed by atoms with Crippen molar-refractivity contribution in [1.29, 1.82) is 0 Å². The van der Waals surface area contributed by atoms with Crippen LogP contribution >= 0.6 is 0 Å². The minimum absolute atomic E-state index is 0.00121. The van der Waals surface area contributed by atoms with E-state index in [1.54, 1.807) is 6.07 Å². The summed E-state index contributed by atoms with van der Waals surface area (Å²) in [4.78, 5) is 13.9. The zero-order valence-corrected chi connectivity index (χ0v) is 11.0. The van der Waals surface area contributed by atoms with Gasteiger partial charge in [-0.05, 0) is 42.4 Å². The molecule has 0 amide bonds. The summed E-state index contributed by atoms with van der Waals surface area (Å²) in [6.07, 6.45) is 0. The van der Waals surface area contributed by atoms with Gasteiger partial charge in [0.05, 0.1) is 11.6 Å². The Kier molecular flexibility index (Phi) is 3.04. The SMILES string of the molecule is CNC(c1cccc(N)c1)c1ccc2oc(=O)[nH]c2c1. The van der Waals surface area contributed by atoms with E-state index in [0.29, 0.717) is 11.1 Å². The van der Waals surface area contributed by atoms with Crippen LogP contribution in [0.2, 0.25) is 0 Å². The number of rotatable bonds is 3. The fraction of sp³-hybridized carbons (Fsp3) is 0.133. The van der Waals surface area contributed by atoms with Crippen molar-refractivity contribution in [2.75, 3.05) is 12.8 Å². The molecule has 4 N–H and O–H groups in total. The quantitative estimate of drug-likeness (QED) is 0.635. The van der Waals surface area contributed by atoms with E-state index in [1.807, 2.05) is 43.4 Å². The smallest absolute Gasteiger partial charge is 0.408 e. The lowest BCUT2D eigenvalue weighted by molar-refractivity contribution is 0.555. The lowest BCUT2D eigenvalue weighted by Crippen LogP contribution is -2.17. The first-order valence-corrected chi connectivity index (χ1v) is 6.33. The molecule has 1 unspecified atom stereocenters. The van der Waals surface area contributed by atoms with E-state index in [4.69, 9.17) is 10.2 Å². The molecule has 0 bridgehead atoms. The van der Waals surface area contributed by atoms with Crippen molar-refractivity contribution in [3.63, 3.8) is 0 Å². The van der Waals surface area contributed by atoms with E-state index in [9.17, 15) is 4.79 Å². The minimum atomic E-state index is -0.442. The minimum Gasteiger partial charge on any atom is -0.408 e. The maximum Gasteiger partial charge on any atom is 0.417 e. The number of hydrogen-bond acceptors (Lipinski definition) is 4. The Hall–Kier alpha value is -2.53. The van der Waals surface area contributed by atoms with Crippen LogP contribution in [0, 0.1) is 0 Å². The summed E-state index contributed by atoms with van der Waals surface area (Å²) in [5, 5.41) is 3.26. The Bertz CT molecular complexity index is 804. The summed E-state index contributed by atoms with van der Waals surface area (Å²) >= 11 is 0. The molecule has 1 heterocycles. The molecule has 0 saturated carbocycles. The van der Waals surface area contributed by atoms with Crippen LogP contribution in [0.3, 0.4) is 0 Å². The highest BCUT2D eigenvalue weighted by Crippen LogP contribution is 2.25. The second kappa shape index (κ2) is 4.86. The number of aromatic nitrogens is 1. The van der Waals surface area contributed by atoms with Crippen molar-refractivity contribution < 1.29 is 4.42 Å². The molecule has 0 saturated heterocycles. The number of fused-ring (bicyclic) bond motifs is 1. The topological polar surface area (TPSA) is 84.0 Å². The third kappa shape index (κ3) is 2.19. The van der Waals surface area contributed by atoms with Crippen LogP contribution in [0.15, 0.2) is 51.7 Å². The number of nitrogens with one attached hydrogen (secondary N) is 2. The zero-order chi connectivity index (χ0) is 14.1. The highest BCUT2D eigenvalue weighted by atomic mass is 16.4. The van der Waals surface area contributed by atoms with Gasteiger partial charge in [0.2, 0.25) is 0 Å². The van der Waals surface area contributed by atoms with E-state index in [-0.39, 0.29) is 6.04 Å². The number of anilines is 1. The summed E-state index contributed by atoms with van der Waals surface area (Å²) in [5.74, 6) is -0.442. The number of oxazole rings is 1. The van der Waals surface area contributed by atoms with Crippen LogP contribution in [0.1, 0.15) is 17.2 Å². The summed E-state index contributed by atoms with van der Waals surface area (Å²) in [6.45, 7) is 0. The maximum atomic E-state index is 11.2. The highest BCUT2D eigenvalue weighted by molar-refractivity contribution is 5.73. The van der Waals surface area contributed by atoms with Crippen LogP contribution in [0.25, 0.3) is 11.1 Å². The average Bonchev–Trinajstić information content (AvgIpc) is 2.79. The lowest BCUT2D eigenvalue weighted by atomic mass is 9.98. The number of H-pyrrole nitrogens is 1. The van der Waals surface area contributed by atoms with Gasteiger partial charge >= 0.3 is 5.76 Å². The van der Waals surface area contributed by atoms with E-state index < -0.39 is 5.76 Å². The molecule has 0 radical (unpaired) electrons. The van der Waals surface area contributed by atoms with Gasteiger partial charge in [0, 0.05) is 5.69 Å². The molecule has 1 atom stereocenters. The van der Waals surface area contributed by atoms with Gasteiger partial charge in [-0.15, -0.1) is 0 Å². The molecule has 102 valence electrons. The van der Waals surface area contributed by atoms with Crippen molar-refractivity contribution in [1.82, 2.24) is 10.3 Å². The molecule has 0 aliphatic rings. The van der Waals surface area contributed by atoms with E-state index >= 15 is 0 Å². The number of hydrogen-bond donors (Lipinski definition) is 3. The van der Waals surface area contributed by atoms with Gasteiger partial charge in [-0.1, -0.05) is 18.2 Å². The standard InChI is InChI=1S/C15H15N3O2/c1-17-14(9-3-2-4-11(16)7-9)10-5-6-13-12(8-10)18-15(19)20-13/h2-8,14,17H,16H2,1H3,(H,18,19). The molecule has 20 heavy (non-hydrogen) atoms. The first-order valence-electron chi connectivity index (χ1n) is 6.33. The average molecular weight is 269 g/mol. The van der Waals surface area contributed by atoms with Gasteiger partial charge in [-0.2, -0.15) is 0 Å². The predicted octanol–water partition coefficient (Wildman–Crippen LogP) is 2.01. The van der Waals surface area contributed by atoms with E-state index in [1.165, 1.54) is 0 Å². The summed E-state index contributed by atoms with van der Waals surface area (Å²) < 4.78 is 5.01. The van der Waals surface area contributed by atoms with E-state index in [2.05, 4.69) is 10.3 Å². The van der Waals surface area contributed by atoms with Crippen LogP contribution < -0.4 is 16.8 Å². The third-order valence-electron chi connectivity index (χ3n) is 3.31. The molecule has 0 aliphatic heterocycles. The Morgan fingerprint density at radius 2 is 2.00 bits per heavy atom. The molecule has 1 aromatic heterocycles. The van der Waals surface area contributed by atoms with Crippen LogP contribution in [0.4, 0.5) is 5.69 Å². The molecule has 3 aromatic rings. The number of nitrogen functional groups attached to an aromatic ring is 1. The molecule has 0 spiro atoms. The van der Waals surface area contributed by atoms with Crippen molar-refractivity contribution in [2.24, 2.45) is 0 Å². The van der Waals surface area contributed by atoms with Crippen LogP contribution in [-0.2, 0) is 0 Å².